The van der Waals surface area contributed by atoms with Gasteiger partial charge in [-0.2, -0.15) is 42.3 Å². The van der Waals surface area contributed by atoms with Crippen molar-refractivity contribution in [3.63, 3.8) is 0 Å². The van der Waals surface area contributed by atoms with E-state index in [0.717, 1.165) is 19.4 Å². The molecule has 1 aromatic carbocycles. The van der Waals surface area contributed by atoms with Crippen LogP contribution < -0.4 is 0 Å². The molecule has 0 N–H and O–H groups in total. The summed E-state index contributed by atoms with van der Waals surface area (Å²) in [6.07, 6.45) is 11.2. The van der Waals surface area contributed by atoms with E-state index in [1.54, 1.807) is 0 Å². The van der Waals surface area contributed by atoms with Gasteiger partial charge in [-0.25, -0.2) is 0 Å². The van der Waals surface area contributed by atoms with Crippen molar-refractivity contribution in [3.8, 4) is 0 Å². The van der Waals surface area contributed by atoms with Crippen LogP contribution in [0.15, 0.2) is 24.3 Å². The van der Waals surface area contributed by atoms with Crippen molar-refractivity contribution in [2.24, 2.45) is 0 Å². The van der Waals surface area contributed by atoms with Gasteiger partial charge in [0, 0.05) is 105 Å². The molecule has 0 fully saturated rings. The SMILES string of the molecule is C.CCCC.CCCc1cc[c-]cc1.[CH2-]CCCCC.[CH2-]COCCC.[Y].[Y].[Y]. The first-order chi connectivity index (χ1) is 12.2. The van der Waals surface area contributed by atoms with Crippen LogP contribution in [0.4, 0.5) is 0 Å². The summed E-state index contributed by atoms with van der Waals surface area (Å²) in [7, 11) is 0. The van der Waals surface area contributed by atoms with Gasteiger partial charge in [0.25, 0.3) is 0 Å². The summed E-state index contributed by atoms with van der Waals surface area (Å²) in [6, 6.07) is 11.1. The van der Waals surface area contributed by atoms with Crippen LogP contribution in [0.1, 0.15) is 99.0 Å². The van der Waals surface area contributed by atoms with E-state index in [2.05, 4.69) is 66.7 Å². The summed E-state index contributed by atoms with van der Waals surface area (Å²) in [5.74, 6) is 0. The monoisotopic (exact) mass is 632 g/mol. The van der Waals surface area contributed by atoms with Crippen LogP contribution in [0.25, 0.3) is 0 Å². The van der Waals surface area contributed by atoms with Crippen molar-refractivity contribution in [1.29, 1.82) is 0 Å². The van der Waals surface area contributed by atoms with E-state index in [4.69, 9.17) is 4.74 Å². The molecule has 0 amide bonds. The van der Waals surface area contributed by atoms with E-state index in [1.807, 2.05) is 12.1 Å². The van der Waals surface area contributed by atoms with Gasteiger partial charge in [0.15, 0.2) is 0 Å². The molecule has 3 radical (unpaired) electrons. The molecule has 0 unspecified atom stereocenters. The maximum absolute atomic E-state index is 4.87. The third-order valence-corrected chi connectivity index (χ3v) is 3.17. The van der Waals surface area contributed by atoms with Gasteiger partial charge >= 0.3 is 0 Å². The van der Waals surface area contributed by atoms with Crippen LogP contribution in [0.3, 0.4) is 0 Å². The molecular formula is C25H49OY3-3. The van der Waals surface area contributed by atoms with Gasteiger partial charge in [-0.05, 0) is 6.42 Å². The summed E-state index contributed by atoms with van der Waals surface area (Å²) in [6.45, 7) is 19.5. The zero-order valence-electron chi connectivity index (χ0n) is 19.6. The molecule has 0 saturated heterocycles. The minimum atomic E-state index is 0. The van der Waals surface area contributed by atoms with Gasteiger partial charge in [-0.15, -0.1) is 0 Å². The predicted octanol–water partition coefficient (Wildman–Crippen LogP) is 8.52. The summed E-state index contributed by atoms with van der Waals surface area (Å²) < 4.78 is 4.87. The third kappa shape index (κ3) is 58.9. The molecule has 0 aliphatic carbocycles. The molecule has 1 nitrogen and oxygen atoms in total. The van der Waals surface area contributed by atoms with Crippen LogP contribution in [0.2, 0.25) is 0 Å². The average Bonchev–Trinajstić information content (AvgIpc) is 2.67. The van der Waals surface area contributed by atoms with Crippen LogP contribution in [-0.4, -0.2) is 13.2 Å². The summed E-state index contributed by atoms with van der Waals surface area (Å²) >= 11 is 0. The Morgan fingerprint density at radius 1 is 0.759 bits per heavy atom. The normalized spacial score (nSPS) is 7.69. The molecular weight excluding hydrogens is 583 g/mol. The smallest absolute Gasteiger partial charge is 0.0427 e. The van der Waals surface area contributed by atoms with Gasteiger partial charge in [0.2, 0.25) is 0 Å². The van der Waals surface area contributed by atoms with Gasteiger partial charge in [-0.3, -0.25) is 0 Å². The number of hydrogen-bond donors (Lipinski definition) is 0. The summed E-state index contributed by atoms with van der Waals surface area (Å²) in [5.41, 5.74) is 1.41. The fourth-order valence-electron chi connectivity index (χ4n) is 1.55. The quantitative estimate of drug-likeness (QED) is 0.196. The fraction of sp³-hybridized carbons (Fsp3) is 0.680. The second-order valence-electron chi connectivity index (χ2n) is 5.83. The Hall–Kier alpha value is 2.49. The van der Waals surface area contributed by atoms with E-state index in [-0.39, 0.29) is 106 Å². The van der Waals surface area contributed by atoms with Gasteiger partial charge in [0.1, 0.15) is 0 Å². The first-order valence-corrected chi connectivity index (χ1v) is 10.3. The zero-order valence-corrected chi connectivity index (χ0v) is 28.2. The minimum absolute atomic E-state index is 0. The van der Waals surface area contributed by atoms with E-state index >= 15 is 0 Å². The Morgan fingerprint density at radius 2 is 1.28 bits per heavy atom. The van der Waals surface area contributed by atoms with Gasteiger partial charge < -0.3 is 18.6 Å². The number of benzene rings is 1. The van der Waals surface area contributed by atoms with Crippen molar-refractivity contribution < 1.29 is 103 Å². The Bertz CT molecular complexity index is 277. The standard InChI is InChI=1S/C9H11.C6H13.C5H11O.C4H10.CH4.3Y/c1-2-6-9-7-4-3-5-8-9;2*1-3-5-6-4-2;1-3-4-2;;;;/h4-5,7-8H,2,6H2,1H3;1,3-6H2,2H3;2-5H2,1H3;3-4H2,1-2H3;1H4;;;/q3*-1;;;;;. The number of hydrogen-bond acceptors (Lipinski definition) is 1. The molecule has 1 rings (SSSR count). The van der Waals surface area contributed by atoms with Crippen LogP contribution in [-0.2, 0) is 109 Å². The van der Waals surface area contributed by atoms with Crippen molar-refractivity contribution in [1.82, 2.24) is 0 Å². The Labute approximate surface area is 262 Å². The van der Waals surface area contributed by atoms with E-state index in [0.29, 0.717) is 6.61 Å². The summed E-state index contributed by atoms with van der Waals surface area (Å²) in [4.78, 5) is 0. The summed E-state index contributed by atoms with van der Waals surface area (Å²) in [5, 5.41) is 0. The second-order valence-corrected chi connectivity index (χ2v) is 5.83. The van der Waals surface area contributed by atoms with Crippen molar-refractivity contribution in [2.75, 3.05) is 13.2 Å². The number of aryl methyl sites for hydroxylation is 1. The third-order valence-electron chi connectivity index (χ3n) is 3.17. The number of rotatable bonds is 9. The molecule has 0 spiro atoms. The molecule has 167 valence electrons. The maximum atomic E-state index is 4.87. The van der Waals surface area contributed by atoms with Crippen molar-refractivity contribution >= 4 is 0 Å². The maximum Gasteiger partial charge on any atom is 0.0427 e. The molecule has 29 heavy (non-hydrogen) atoms. The number of unbranched alkanes of at least 4 members (excludes halogenated alkanes) is 4. The molecule has 0 aromatic heterocycles. The Kier molecular flexibility index (Phi) is 88.2. The average molecular weight is 632 g/mol. The largest absolute Gasteiger partial charge is 0.413 e. The molecule has 0 saturated carbocycles. The Morgan fingerprint density at radius 3 is 1.52 bits per heavy atom. The second kappa shape index (κ2) is 52.4. The molecule has 0 aliphatic rings. The first kappa shape index (κ1) is 48.8. The molecule has 0 bridgehead atoms. The van der Waals surface area contributed by atoms with E-state index in [1.165, 1.54) is 50.5 Å². The molecule has 1 aromatic rings. The minimum Gasteiger partial charge on any atom is -0.413 e. The number of ether oxygens (including phenoxy) is 1. The molecule has 0 aliphatic heterocycles. The van der Waals surface area contributed by atoms with Crippen LogP contribution in [0.5, 0.6) is 0 Å². The molecule has 4 heteroatoms. The van der Waals surface area contributed by atoms with E-state index < -0.39 is 0 Å². The topological polar surface area (TPSA) is 9.23 Å². The Balaban J connectivity index is -0.0000000442. The predicted molar refractivity (Wildman–Crippen MR) is 123 cm³/mol. The fourth-order valence-corrected chi connectivity index (χ4v) is 1.55. The van der Waals surface area contributed by atoms with Crippen molar-refractivity contribution in [2.45, 2.75) is 99.8 Å². The van der Waals surface area contributed by atoms with Crippen LogP contribution in [0, 0.1) is 19.9 Å². The molecule has 0 atom stereocenters. The van der Waals surface area contributed by atoms with Gasteiger partial charge in [0.05, 0.1) is 0 Å². The van der Waals surface area contributed by atoms with Gasteiger partial charge in [-0.1, -0.05) is 93.6 Å². The zero-order chi connectivity index (χ0) is 19.6. The first-order valence-electron chi connectivity index (χ1n) is 10.3. The van der Waals surface area contributed by atoms with Crippen molar-refractivity contribution in [3.05, 3.63) is 49.7 Å². The van der Waals surface area contributed by atoms with Crippen LogP contribution >= 0.6 is 0 Å². The van der Waals surface area contributed by atoms with E-state index in [9.17, 15) is 0 Å². The molecule has 0 heterocycles.